The summed E-state index contributed by atoms with van der Waals surface area (Å²) in [5.41, 5.74) is 6.54. The second-order valence-electron chi connectivity index (χ2n) is 3.96. The molecule has 0 radical (unpaired) electrons. The lowest BCUT2D eigenvalue weighted by atomic mass is 10.2. The minimum absolute atomic E-state index is 0.226. The van der Waals surface area contributed by atoms with Gasteiger partial charge in [-0.15, -0.1) is 0 Å². The molecule has 5 heteroatoms. The van der Waals surface area contributed by atoms with Gasteiger partial charge in [0.05, 0.1) is 4.90 Å². The maximum Gasteiger partial charge on any atom is 0.175 e. The zero-order valence-electron chi connectivity index (χ0n) is 9.84. The van der Waals surface area contributed by atoms with Crippen molar-refractivity contribution in [1.82, 2.24) is 0 Å². The number of rotatable bonds is 4. The summed E-state index contributed by atoms with van der Waals surface area (Å²) < 4.78 is 22.5. The number of hydrogen-bond donors (Lipinski definition) is 1. The average Bonchev–Trinajstić information content (AvgIpc) is 2.26. The molecule has 16 heavy (non-hydrogen) atoms. The van der Waals surface area contributed by atoms with E-state index in [1.54, 1.807) is 24.3 Å². The van der Waals surface area contributed by atoms with Gasteiger partial charge in [0.25, 0.3) is 0 Å². The van der Waals surface area contributed by atoms with Crippen LogP contribution in [0.1, 0.15) is 6.92 Å². The van der Waals surface area contributed by atoms with Gasteiger partial charge < -0.3 is 10.6 Å². The Morgan fingerprint density at radius 3 is 2.19 bits per heavy atom. The number of benzene rings is 1. The minimum Gasteiger partial charge on any atom is -0.371 e. The fourth-order valence-corrected chi connectivity index (χ4v) is 1.97. The van der Waals surface area contributed by atoms with E-state index in [-0.39, 0.29) is 6.04 Å². The van der Waals surface area contributed by atoms with E-state index in [2.05, 4.69) is 0 Å². The largest absolute Gasteiger partial charge is 0.371 e. The SMILES string of the molecule is CC(CN)N(C)c1ccc(S(C)(=O)=O)cc1. The third-order valence-corrected chi connectivity index (χ3v) is 3.80. The highest BCUT2D eigenvalue weighted by Gasteiger charge is 2.10. The Morgan fingerprint density at radius 2 is 1.81 bits per heavy atom. The van der Waals surface area contributed by atoms with Gasteiger partial charge in [-0.2, -0.15) is 0 Å². The van der Waals surface area contributed by atoms with Crippen LogP contribution in [0.4, 0.5) is 5.69 Å². The number of nitrogens with two attached hydrogens (primary N) is 1. The number of nitrogens with zero attached hydrogens (tertiary/aromatic N) is 1. The monoisotopic (exact) mass is 242 g/mol. The minimum atomic E-state index is -3.11. The van der Waals surface area contributed by atoms with Crippen molar-refractivity contribution in [3.63, 3.8) is 0 Å². The zero-order chi connectivity index (χ0) is 12.3. The summed E-state index contributed by atoms with van der Waals surface area (Å²) in [4.78, 5) is 2.36. The smallest absolute Gasteiger partial charge is 0.175 e. The van der Waals surface area contributed by atoms with E-state index in [0.717, 1.165) is 5.69 Å². The summed E-state index contributed by atoms with van der Waals surface area (Å²) in [5, 5.41) is 0. The molecule has 0 bridgehead atoms. The van der Waals surface area contributed by atoms with E-state index in [1.807, 2.05) is 18.9 Å². The lowest BCUT2D eigenvalue weighted by Crippen LogP contribution is -2.35. The molecular weight excluding hydrogens is 224 g/mol. The fraction of sp³-hybridized carbons (Fsp3) is 0.455. The van der Waals surface area contributed by atoms with Gasteiger partial charge in [0.15, 0.2) is 9.84 Å². The second-order valence-corrected chi connectivity index (χ2v) is 5.98. The number of sulfone groups is 1. The first-order valence-corrected chi connectivity index (χ1v) is 6.98. The van der Waals surface area contributed by atoms with Gasteiger partial charge in [0.2, 0.25) is 0 Å². The topological polar surface area (TPSA) is 63.4 Å². The van der Waals surface area contributed by atoms with E-state index < -0.39 is 9.84 Å². The molecule has 0 fully saturated rings. The molecule has 1 unspecified atom stereocenters. The van der Waals surface area contributed by atoms with Crippen LogP contribution in [0.5, 0.6) is 0 Å². The Kier molecular flexibility index (Phi) is 3.93. The molecule has 0 heterocycles. The van der Waals surface area contributed by atoms with Gasteiger partial charge in [-0.25, -0.2) is 8.42 Å². The van der Waals surface area contributed by atoms with Crippen LogP contribution in [0.25, 0.3) is 0 Å². The van der Waals surface area contributed by atoms with Crippen LogP contribution in [-0.4, -0.2) is 34.3 Å². The van der Waals surface area contributed by atoms with Gasteiger partial charge in [0, 0.05) is 31.6 Å². The molecule has 4 nitrogen and oxygen atoms in total. The molecule has 1 atom stereocenters. The standard InChI is InChI=1S/C11H18N2O2S/c1-9(8-12)13(2)10-4-6-11(7-5-10)16(3,14)15/h4-7,9H,8,12H2,1-3H3. The van der Waals surface area contributed by atoms with Crippen LogP contribution in [0.2, 0.25) is 0 Å². The molecule has 0 saturated carbocycles. The molecule has 0 spiro atoms. The molecule has 2 N–H and O–H groups in total. The maximum absolute atomic E-state index is 11.3. The van der Waals surface area contributed by atoms with Crippen LogP contribution in [-0.2, 0) is 9.84 Å². The Morgan fingerprint density at radius 1 is 1.31 bits per heavy atom. The van der Waals surface area contributed by atoms with E-state index in [4.69, 9.17) is 5.73 Å². The van der Waals surface area contributed by atoms with Gasteiger partial charge in [-0.05, 0) is 31.2 Å². The van der Waals surface area contributed by atoms with E-state index in [9.17, 15) is 8.42 Å². The van der Waals surface area contributed by atoms with Gasteiger partial charge in [-0.1, -0.05) is 0 Å². The van der Waals surface area contributed by atoms with Crippen molar-refractivity contribution in [1.29, 1.82) is 0 Å². The lowest BCUT2D eigenvalue weighted by Gasteiger charge is -2.25. The van der Waals surface area contributed by atoms with Crippen LogP contribution in [0, 0.1) is 0 Å². The zero-order valence-corrected chi connectivity index (χ0v) is 10.7. The van der Waals surface area contributed by atoms with Crippen LogP contribution in [0.3, 0.4) is 0 Å². The number of anilines is 1. The highest BCUT2D eigenvalue weighted by atomic mass is 32.2. The molecule has 0 aliphatic rings. The summed E-state index contributed by atoms with van der Waals surface area (Å²) in [6.07, 6.45) is 1.20. The first-order valence-electron chi connectivity index (χ1n) is 5.09. The molecule has 0 saturated heterocycles. The number of likely N-dealkylation sites (N-methyl/N-ethyl adjacent to an activating group) is 1. The van der Waals surface area contributed by atoms with Crippen molar-refractivity contribution in [2.45, 2.75) is 17.9 Å². The number of hydrogen-bond acceptors (Lipinski definition) is 4. The summed E-state index contributed by atoms with van der Waals surface area (Å²) >= 11 is 0. The quantitative estimate of drug-likeness (QED) is 0.851. The second kappa shape index (κ2) is 4.84. The van der Waals surface area contributed by atoms with Gasteiger partial charge in [-0.3, -0.25) is 0 Å². The van der Waals surface area contributed by atoms with E-state index in [1.165, 1.54) is 6.26 Å². The first-order chi connectivity index (χ1) is 7.36. The van der Waals surface area contributed by atoms with Crippen LogP contribution in [0.15, 0.2) is 29.2 Å². The molecule has 0 amide bonds. The normalized spacial score (nSPS) is 13.5. The molecule has 0 aliphatic carbocycles. The third kappa shape index (κ3) is 2.96. The highest BCUT2D eigenvalue weighted by molar-refractivity contribution is 7.90. The van der Waals surface area contributed by atoms with Crippen molar-refractivity contribution in [3.05, 3.63) is 24.3 Å². The van der Waals surface area contributed by atoms with Crippen molar-refractivity contribution in [3.8, 4) is 0 Å². The molecule has 1 aromatic carbocycles. The van der Waals surface area contributed by atoms with Crippen molar-refractivity contribution < 1.29 is 8.42 Å². The molecule has 1 aromatic rings. The lowest BCUT2D eigenvalue weighted by molar-refractivity contribution is 0.602. The summed E-state index contributed by atoms with van der Waals surface area (Å²) in [6, 6.07) is 7.05. The summed E-state index contributed by atoms with van der Waals surface area (Å²) in [5.74, 6) is 0. The Balaban J connectivity index is 2.96. The fourth-order valence-electron chi connectivity index (χ4n) is 1.34. The first kappa shape index (κ1) is 13.0. The predicted molar refractivity (Wildman–Crippen MR) is 66.5 cm³/mol. The van der Waals surface area contributed by atoms with Crippen LogP contribution < -0.4 is 10.6 Å². The Labute approximate surface area is 97.0 Å². The Bertz CT molecular complexity index is 440. The van der Waals surface area contributed by atoms with E-state index >= 15 is 0 Å². The van der Waals surface area contributed by atoms with E-state index in [0.29, 0.717) is 11.4 Å². The predicted octanol–water partition coefficient (Wildman–Crippen LogP) is 0.873. The average molecular weight is 242 g/mol. The van der Waals surface area contributed by atoms with Crippen molar-refractivity contribution in [2.75, 3.05) is 24.7 Å². The molecule has 1 rings (SSSR count). The molecule has 0 aliphatic heterocycles. The maximum atomic E-state index is 11.3. The highest BCUT2D eigenvalue weighted by Crippen LogP contribution is 2.18. The summed E-state index contributed by atoms with van der Waals surface area (Å²) in [6.45, 7) is 2.58. The van der Waals surface area contributed by atoms with Gasteiger partial charge >= 0.3 is 0 Å². The van der Waals surface area contributed by atoms with Crippen molar-refractivity contribution >= 4 is 15.5 Å². The molecule has 90 valence electrons. The summed E-state index contributed by atoms with van der Waals surface area (Å²) in [7, 11) is -1.18. The molecule has 0 aromatic heterocycles. The van der Waals surface area contributed by atoms with Crippen molar-refractivity contribution in [2.24, 2.45) is 5.73 Å². The Hall–Kier alpha value is -1.07. The van der Waals surface area contributed by atoms with Crippen LogP contribution >= 0.6 is 0 Å². The molecular formula is C11H18N2O2S. The van der Waals surface area contributed by atoms with Gasteiger partial charge in [0.1, 0.15) is 0 Å². The third-order valence-electron chi connectivity index (χ3n) is 2.67.